The molecule has 2 aromatic rings. The molecule has 2 aromatic heterocycles. The molecule has 2 fully saturated rings. The van der Waals surface area contributed by atoms with Gasteiger partial charge in [-0.2, -0.15) is 21.8 Å². The summed E-state index contributed by atoms with van der Waals surface area (Å²) in [5.74, 6) is 0.457. The summed E-state index contributed by atoms with van der Waals surface area (Å²) >= 11 is 2.01. The topological polar surface area (TPSA) is 103 Å². The average molecular weight is 538 g/mol. The predicted molar refractivity (Wildman–Crippen MR) is 140 cm³/mol. The van der Waals surface area contributed by atoms with Crippen LogP contribution in [0.5, 0.6) is 0 Å². The number of rotatable bonds is 9. The average Bonchev–Trinajstić information content (AvgIpc) is 3.44. The minimum absolute atomic E-state index is 0.201. The van der Waals surface area contributed by atoms with Crippen LogP contribution in [0.4, 0.5) is 0 Å². The van der Waals surface area contributed by atoms with Crippen molar-refractivity contribution in [3.8, 4) is 5.82 Å². The quantitative estimate of drug-likeness (QED) is 0.342. The lowest BCUT2D eigenvalue weighted by atomic mass is 10.2. The second kappa shape index (κ2) is 11.4. The lowest BCUT2D eigenvalue weighted by molar-refractivity contribution is -0.241. The Labute approximate surface area is 218 Å². The zero-order valence-electron chi connectivity index (χ0n) is 22.3. The number of ether oxygens (including phenoxy) is 1. The molecular formula is C24H39N5O5SSi. The van der Waals surface area contributed by atoms with Gasteiger partial charge in [-0.15, -0.1) is 0 Å². The number of aryl methyl sites for hydroxylation is 1. The van der Waals surface area contributed by atoms with Gasteiger partial charge < -0.3 is 9.16 Å². The van der Waals surface area contributed by atoms with Gasteiger partial charge in [-0.25, -0.2) is 19.3 Å². The largest absolute Gasteiger partial charge is 0.386 e. The minimum atomic E-state index is -2.74. The van der Waals surface area contributed by atoms with Crippen LogP contribution in [0.2, 0.25) is 11.1 Å². The zero-order valence-corrected chi connectivity index (χ0v) is 24.1. The Bertz CT molecular complexity index is 1070. The van der Waals surface area contributed by atoms with E-state index >= 15 is 0 Å². The number of nitrogens with zero attached hydrogens (tertiary/aromatic N) is 5. The highest BCUT2D eigenvalue weighted by molar-refractivity contribution is 8.00. The Morgan fingerprint density at radius 2 is 1.94 bits per heavy atom. The van der Waals surface area contributed by atoms with E-state index in [-0.39, 0.29) is 29.9 Å². The molecule has 200 valence electrons. The maximum Gasteiger partial charge on any atom is 0.380 e. The van der Waals surface area contributed by atoms with E-state index in [1.807, 2.05) is 18.7 Å². The van der Waals surface area contributed by atoms with Crippen LogP contribution in [0, 0.1) is 6.92 Å². The lowest BCUT2D eigenvalue weighted by Gasteiger charge is -2.38. The molecule has 0 bridgehead atoms. The number of thioether (sulfide) groups is 1. The van der Waals surface area contributed by atoms with Crippen molar-refractivity contribution in [2.75, 3.05) is 6.61 Å². The van der Waals surface area contributed by atoms with Gasteiger partial charge in [0.05, 0.1) is 6.10 Å². The summed E-state index contributed by atoms with van der Waals surface area (Å²) in [4.78, 5) is 26.9. The van der Waals surface area contributed by atoms with Gasteiger partial charge in [-0.05, 0) is 30.6 Å². The van der Waals surface area contributed by atoms with Crippen molar-refractivity contribution in [3.63, 3.8) is 0 Å². The van der Waals surface area contributed by atoms with Crippen molar-refractivity contribution in [1.82, 2.24) is 24.3 Å². The summed E-state index contributed by atoms with van der Waals surface area (Å²) in [6, 6.07) is 0. The summed E-state index contributed by atoms with van der Waals surface area (Å²) in [5.41, 5.74) is 0.845. The summed E-state index contributed by atoms with van der Waals surface area (Å²) in [6.07, 6.45) is 6.35. The van der Waals surface area contributed by atoms with Crippen molar-refractivity contribution in [2.24, 2.45) is 0 Å². The maximum atomic E-state index is 12.9. The zero-order chi connectivity index (χ0) is 26.0. The highest BCUT2D eigenvalue weighted by Crippen LogP contribution is 2.44. The molecule has 0 spiro atoms. The Morgan fingerprint density at radius 3 is 2.61 bits per heavy atom. The molecule has 4 heterocycles. The SMILES string of the molecule is Cc1cn([C@H]2C[C@H]3O[Si](C(C)C)(C(C)CCC(C)SC(C)C)OOC[C@@H]3O2)c(=O)nc1-n1cncn1. The third-order valence-electron chi connectivity index (χ3n) is 6.99. The number of aromatic nitrogens is 5. The lowest BCUT2D eigenvalue weighted by Crippen LogP contribution is -2.50. The number of hydrogen-bond acceptors (Lipinski definition) is 9. The van der Waals surface area contributed by atoms with E-state index in [4.69, 9.17) is 18.6 Å². The summed E-state index contributed by atoms with van der Waals surface area (Å²) in [5, 5.41) is 5.28. The van der Waals surface area contributed by atoms with Crippen LogP contribution in [0.3, 0.4) is 0 Å². The van der Waals surface area contributed by atoms with Gasteiger partial charge >= 0.3 is 14.3 Å². The van der Waals surface area contributed by atoms with Crippen LogP contribution in [0.1, 0.15) is 72.6 Å². The van der Waals surface area contributed by atoms with Gasteiger partial charge in [-0.3, -0.25) is 9.14 Å². The smallest absolute Gasteiger partial charge is 0.380 e. The van der Waals surface area contributed by atoms with Gasteiger partial charge in [-0.1, -0.05) is 41.5 Å². The van der Waals surface area contributed by atoms with Crippen LogP contribution in [-0.2, 0) is 18.6 Å². The van der Waals surface area contributed by atoms with Crippen LogP contribution >= 0.6 is 11.8 Å². The molecule has 36 heavy (non-hydrogen) atoms. The summed E-state index contributed by atoms with van der Waals surface area (Å²) in [7, 11) is -2.74. The first-order chi connectivity index (χ1) is 17.1. The van der Waals surface area contributed by atoms with E-state index in [1.165, 1.54) is 17.3 Å². The van der Waals surface area contributed by atoms with Gasteiger partial charge in [0, 0.05) is 29.0 Å². The highest BCUT2D eigenvalue weighted by atomic mass is 32.2. The van der Waals surface area contributed by atoms with Gasteiger partial charge in [0.2, 0.25) is 0 Å². The van der Waals surface area contributed by atoms with E-state index in [2.05, 4.69) is 56.6 Å². The monoisotopic (exact) mass is 537 g/mol. The molecule has 12 heteroatoms. The fourth-order valence-corrected chi connectivity index (χ4v) is 9.91. The Hall–Kier alpha value is -1.57. The van der Waals surface area contributed by atoms with E-state index in [1.54, 1.807) is 10.8 Å². The second-order valence-electron chi connectivity index (χ2n) is 10.5. The number of fused-ring (bicyclic) bond motifs is 1. The molecule has 2 saturated heterocycles. The standard InChI is InChI=1S/C24H39N5O5SSi/c1-15(2)35-18(6)8-9-19(7)36(16(3)4)33-20-10-22(32-21(20)12-31-34-36)28-11-17(5)23(27-24(28)30)29-14-25-13-26-29/h11,13-16,18-22H,8-10,12H2,1-7H3/t18?,19?,20-,21+,22-,36?/m1/s1. The van der Waals surface area contributed by atoms with Crippen molar-refractivity contribution < 1.29 is 18.6 Å². The minimum Gasteiger partial charge on any atom is -0.386 e. The summed E-state index contributed by atoms with van der Waals surface area (Å²) in [6.45, 7) is 15.5. The molecule has 10 nitrogen and oxygen atoms in total. The van der Waals surface area contributed by atoms with Crippen LogP contribution < -0.4 is 5.69 Å². The first-order valence-electron chi connectivity index (χ1n) is 12.8. The highest BCUT2D eigenvalue weighted by Gasteiger charge is 2.55. The van der Waals surface area contributed by atoms with Crippen LogP contribution in [-0.4, -0.2) is 62.2 Å². The molecule has 0 radical (unpaired) electrons. The van der Waals surface area contributed by atoms with Crippen molar-refractivity contribution in [3.05, 3.63) is 34.9 Å². The molecule has 0 aliphatic carbocycles. The first kappa shape index (κ1) is 27.5. The Balaban J connectivity index is 1.50. The molecule has 0 saturated carbocycles. The Kier molecular flexibility index (Phi) is 8.73. The molecule has 2 aliphatic heterocycles. The van der Waals surface area contributed by atoms with E-state index in [0.29, 0.717) is 22.7 Å². The Morgan fingerprint density at radius 1 is 1.17 bits per heavy atom. The van der Waals surface area contributed by atoms with Gasteiger partial charge in [0.25, 0.3) is 0 Å². The second-order valence-corrected chi connectivity index (χ2v) is 16.5. The fraction of sp³-hybridized carbons (Fsp3) is 0.750. The maximum absolute atomic E-state index is 12.9. The van der Waals surface area contributed by atoms with Crippen molar-refractivity contribution >= 4 is 20.3 Å². The van der Waals surface area contributed by atoms with Crippen molar-refractivity contribution in [1.29, 1.82) is 0 Å². The van der Waals surface area contributed by atoms with E-state index < -0.39 is 20.5 Å². The normalized spacial score (nSPS) is 28.3. The van der Waals surface area contributed by atoms with E-state index in [9.17, 15) is 4.79 Å². The molecule has 6 atom stereocenters. The molecule has 0 N–H and O–H groups in total. The van der Waals surface area contributed by atoms with Crippen molar-refractivity contribution in [2.45, 2.75) is 108 Å². The fourth-order valence-electron chi connectivity index (χ4n) is 5.13. The predicted octanol–water partition coefficient (Wildman–Crippen LogP) is 4.32. The molecule has 3 unspecified atom stereocenters. The third kappa shape index (κ3) is 5.78. The molecule has 2 aliphatic rings. The first-order valence-corrected chi connectivity index (χ1v) is 15.8. The van der Waals surface area contributed by atoms with Gasteiger partial charge in [0.15, 0.2) is 5.82 Å². The molecule has 0 amide bonds. The van der Waals surface area contributed by atoms with E-state index in [0.717, 1.165) is 18.4 Å². The third-order valence-corrected chi connectivity index (χ3v) is 12.6. The van der Waals surface area contributed by atoms with Crippen LogP contribution in [0.15, 0.2) is 23.6 Å². The summed E-state index contributed by atoms with van der Waals surface area (Å²) < 4.78 is 22.3. The molecular weight excluding hydrogens is 498 g/mol. The molecule has 4 rings (SSSR count). The molecule has 0 aromatic carbocycles. The number of hydrogen-bond donors (Lipinski definition) is 0. The van der Waals surface area contributed by atoms with Gasteiger partial charge in [0.1, 0.15) is 31.6 Å². The van der Waals surface area contributed by atoms with Crippen LogP contribution in [0.25, 0.3) is 5.82 Å².